The predicted molar refractivity (Wildman–Crippen MR) is 38.7 cm³/mol. The maximum atomic E-state index is 5.46. The number of rotatable bonds is 1. The highest BCUT2D eigenvalue weighted by molar-refractivity contribution is 7.80. The Hall–Kier alpha value is -0.110. The first-order valence-corrected chi connectivity index (χ1v) is 3.36. The van der Waals surface area contributed by atoms with Crippen LogP contribution in [0.1, 0.15) is 26.2 Å². The Morgan fingerprint density at radius 1 is 1.62 bits per heavy atom. The molecule has 0 bridgehead atoms. The van der Waals surface area contributed by atoms with E-state index in [2.05, 4.69) is 6.92 Å². The van der Waals surface area contributed by atoms with E-state index in [9.17, 15) is 0 Å². The predicted octanol–water partition coefficient (Wildman–Crippen LogP) is 1.46. The zero-order valence-electron chi connectivity index (χ0n) is 5.11. The van der Waals surface area contributed by atoms with Crippen molar-refractivity contribution >= 4 is 17.2 Å². The van der Waals surface area contributed by atoms with Crippen molar-refractivity contribution < 1.29 is 0 Å². The fourth-order valence-corrected chi connectivity index (χ4v) is 1.16. The van der Waals surface area contributed by atoms with E-state index in [1.165, 1.54) is 19.3 Å². The summed E-state index contributed by atoms with van der Waals surface area (Å²) in [4.78, 5) is 0.698. The highest BCUT2D eigenvalue weighted by Gasteiger charge is 2.34. The fraction of sp³-hybridized carbons (Fsp3) is 0.833. The normalized spacial score (nSPS) is 24.1. The van der Waals surface area contributed by atoms with Crippen LogP contribution in [0.15, 0.2) is 0 Å². The van der Waals surface area contributed by atoms with E-state index in [-0.39, 0.29) is 5.41 Å². The second-order valence-corrected chi connectivity index (χ2v) is 3.22. The Morgan fingerprint density at radius 3 is 2.12 bits per heavy atom. The van der Waals surface area contributed by atoms with E-state index in [4.69, 9.17) is 18.0 Å². The summed E-state index contributed by atoms with van der Waals surface area (Å²) in [5.41, 5.74) is 5.69. The van der Waals surface area contributed by atoms with Gasteiger partial charge in [-0.2, -0.15) is 0 Å². The summed E-state index contributed by atoms with van der Waals surface area (Å²) in [6, 6.07) is 0. The van der Waals surface area contributed by atoms with Gasteiger partial charge >= 0.3 is 0 Å². The summed E-state index contributed by atoms with van der Waals surface area (Å²) in [7, 11) is 0. The van der Waals surface area contributed by atoms with Crippen molar-refractivity contribution in [3.05, 3.63) is 0 Å². The Bertz CT molecular complexity index is 116. The molecule has 0 amide bonds. The van der Waals surface area contributed by atoms with Crippen molar-refractivity contribution in [1.29, 1.82) is 0 Å². The third-order valence-corrected chi connectivity index (χ3v) is 2.54. The molecule has 0 heterocycles. The van der Waals surface area contributed by atoms with Crippen molar-refractivity contribution in [2.24, 2.45) is 11.1 Å². The lowest BCUT2D eigenvalue weighted by molar-refractivity contribution is 0.264. The standard InChI is InChI=1S/C6H11NS/c1-6(5(7)8)3-2-4-6/h2-4H2,1H3,(H2,7,8). The zero-order chi connectivity index (χ0) is 6.20. The van der Waals surface area contributed by atoms with Crippen molar-refractivity contribution in [2.75, 3.05) is 0 Å². The molecule has 0 unspecified atom stereocenters. The molecular weight excluding hydrogens is 118 g/mol. The molecule has 0 atom stereocenters. The number of hydrogen-bond acceptors (Lipinski definition) is 1. The minimum Gasteiger partial charge on any atom is -0.393 e. The second kappa shape index (κ2) is 1.69. The molecule has 0 aliphatic heterocycles. The van der Waals surface area contributed by atoms with E-state index in [0.717, 1.165) is 0 Å². The van der Waals surface area contributed by atoms with Crippen molar-refractivity contribution in [3.8, 4) is 0 Å². The van der Waals surface area contributed by atoms with Crippen LogP contribution in [0.5, 0.6) is 0 Å². The van der Waals surface area contributed by atoms with Crippen LogP contribution in [0.3, 0.4) is 0 Å². The molecule has 1 rings (SSSR count). The Morgan fingerprint density at radius 2 is 2.12 bits per heavy atom. The van der Waals surface area contributed by atoms with Gasteiger partial charge in [0.25, 0.3) is 0 Å². The molecule has 1 nitrogen and oxygen atoms in total. The molecular formula is C6H11NS. The quantitative estimate of drug-likeness (QED) is 0.542. The molecule has 0 spiro atoms. The summed E-state index contributed by atoms with van der Waals surface area (Å²) in [5, 5.41) is 0. The Kier molecular flexibility index (Phi) is 1.27. The molecule has 2 heteroatoms. The van der Waals surface area contributed by atoms with Gasteiger partial charge in [-0.05, 0) is 12.8 Å². The summed E-state index contributed by atoms with van der Waals surface area (Å²) >= 11 is 4.86. The molecule has 1 saturated carbocycles. The molecule has 1 fully saturated rings. The van der Waals surface area contributed by atoms with Crippen LogP contribution in [0.25, 0.3) is 0 Å². The fourth-order valence-electron chi connectivity index (χ4n) is 0.954. The maximum absolute atomic E-state index is 5.46. The van der Waals surface area contributed by atoms with E-state index in [1.54, 1.807) is 0 Å². The van der Waals surface area contributed by atoms with Gasteiger partial charge in [0.2, 0.25) is 0 Å². The van der Waals surface area contributed by atoms with Gasteiger partial charge in [0, 0.05) is 5.41 Å². The van der Waals surface area contributed by atoms with Crippen LogP contribution < -0.4 is 5.73 Å². The molecule has 46 valence electrons. The summed E-state index contributed by atoms with van der Waals surface area (Å²) < 4.78 is 0. The monoisotopic (exact) mass is 129 g/mol. The van der Waals surface area contributed by atoms with Crippen LogP contribution in [0.2, 0.25) is 0 Å². The smallest absolute Gasteiger partial charge is 0.0787 e. The van der Waals surface area contributed by atoms with Gasteiger partial charge in [0.15, 0.2) is 0 Å². The largest absolute Gasteiger partial charge is 0.393 e. The minimum absolute atomic E-state index is 0.231. The molecule has 1 aliphatic rings. The van der Waals surface area contributed by atoms with E-state index >= 15 is 0 Å². The molecule has 2 N–H and O–H groups in total. The third kappa shape index (κ3) is 0.730. The summed E-state index contributed by atoms with van der Waals surface area (Å²) in [6.45, 7) is 2.14. The first-order valence-electron chi connectivity index (χ1n) is 2.95. The van der Waals surface area contributed by atoms with Crippen LogP contribution >= 0.6 is 12.2 Å². The maximum Gasteiger partial charge on any atom is 0.0787 e. The Balaban J connectivity index is 2.53. The van der Waals surface area contributed by atoms with Gasteiger partial charge in [0.1, 0.15) is 0 Å². The first-order chi connectivity index (χ1) is 3.65. The lowest BCUT2D eigenvalue weighted by Gasteiger charge is -2.36. The average Bonchev–Trinajstić information content (AvgIpc) is 1.60. The van der Waals surface area contributed by atoms with E-state index in [0.29, 0.717) is 4.99 Å². The number of hydrogen-bond donors (Lipinski definition) is 1. The second-order valence-electron chi connectivity index (χ2n) is 2.78. The highest BCUT2D eigenvalue weighted by atomic mass is 32.1. The van der Waals surface area contributed by atoms with Gasteiger partial charge in [-0.1, -0.05) is 25.6 Å². The summed E-state index contributed by atoms with van der Waals surface area (Å²) in [5.74, 6) is 0. The van der Waals surface area contributed by atoms with Crippen molar-refractivity contribution in [2.45, 2.75) is 26.2 Å². The SMILES string of the molecule is CC1(C(N)=S)CCC1. The van der Waals surface area contributed by atoms with Gasteiger partial charge < -0.3 is 5.73 Å². The van der Waals surface area contributed by atoms with Crippen LogP contribution in [0.4, 0.5) is 0 Å². The van der Waals surface area contributed by atoms with Gasteiger partial charge in [-0.25, -0.2) is 0 Å². The molecule has 0 saturated heterocycles. The zero-order valence-corrected chi connectivity index (χ0v) is 5.92. The lowest BCUT2D eigenvalue weighted by Crippen LogP contribution is -2.38. The van der Waals surface area contributed by atoms with Crippen molar-refractivity contribution in [1.82, 2.24) is 0 Å². The van der Waals surface area contributed by atoms with E-state index in [1.807, 2.05) is 0 Å². The van der Waals surface area contributed by atoms with Gasteiger partial charge in [-0.15, -0.1) is 0 Å². The van der Waals surface area contributed by atoms with Gasteiger partial charge in [-0.3, -0.25) is 0 Å². The average molecular weight is 129 g/mol. The molecule has 0 radical (unpaired) electrons. The Labute approximate surface area is 55.3 Å². The topological polar surface area (TPSA) is 26.0 Å². The minimum atomic E-state index is 0.231. The van der Waals surface area contributed by atoms with Gasteiger partial charge in [0.05, 0.1) is 4.99 Å². The molecule has 0 aromatic carbocycles. The molecule has 0 aromatic heterocycles. The summed E-state index contributed by atoms with van der Waals surface area (Å²) in [6.07, 6.45) is 3.69. The lowest BCUT2D eigenvalue weighted by atomic mass is 9.70. The molecule has 8 heavy (non-hydrogen) atoms. The number of thiocarbonyl (C=S) groups is 1. The first kappa shape index (κ1) is 6.02. The highest BCUT2D eigenvalue weighted by Crippen LogP contribution is 2.40. The molecule has 1 aliphatic carbocycles. The number of nitrogens with two attached hydrogens (primary N) is 1. The van der Waals surface area contributed by atoms with E-state index < -0.39 is 0 Å². The van der Waals surface area contributed by atoms with Crippen LogP contribution in [0, 0.1) is 5.41 Å². The van der Waals surface area contributed by atoms with Crippen LogP contribution in [-0.2, 0) is 0 Å². The third-order valence-electron chi connectivity index (χ3n) is 2.05. The van der Waals surface area contributed by atoms with Crippen molar-refractivity contribution in [3.63, 3.8) is 0 Å². The molecule has 0 aromatic rings. The van der Waals surface area contributed by atoms with Crippen LogP contribution in [-0.4, -0.2) is 4.99 Å².